The van der Waals surface area contributed by atoms with Crippen LogP contribution in [0, 0.1) is 0 Å². The van der Waals surface area contributed by atoms with Gasteiger partial charge in [0, 0.05) is 61.8 Å². The van der Waals surface area contributed by atoms with Crippen molar-refractivity contribution in [1.82, 2.24) is 30.7 Å². The van der Waals surface area contributed by atoms with Crippen LogP contribution >= 0.6 is 7.60 Å². The van der Waals surface area contributed by atoms with Gasteiger partial charge < -0.3 is 56.7 Å². The molecule has 4 atom stereocenters. The lowest BCUT2D eigenvalue weighted by Crippen LogP contribution is -2.61. The van der Waals surface area contributed by atoms with Gasteiger partial charge in [0.1, 0.15) is 23.8 Å². The minimum absolute atomic E-state index is 0.0494. The van der Waals surface area contributed by atoms with Crippen LogP contribution in [0.4, 0.5) is 8.78 Å². The highest BCUT2D eigenvalue weighted by molar-refractivity contribution is 7.52. The number of nitrogens with one attached hydrogen (secondary N) is 4. The molecule has 0 aliphatic carbocycles. The lowest BCUT2D eigenvalue weighted by molar-refractivity contribution is -0.144. The van der Waals surface area contributed by atoms with Crippen molar-refractivity contribution in [2.45, 2.75) is 80.8 Å². The van der Waals surface area contributed by atoms with Crippen LogP contribution in [-0.2, 0) is 34.1 Å². The maximum absolute atomic E-state index is 14.7. The lowest BCUT2D eigenvalue weighted by atomic mass is 9.98. The number of ether oxygens (including phenoxy) is 1. The fourth-order valence-corrected chi connectivity index (χ4v) is 8.72. The fourth-order valence-electron chi connectivity index (χ4n) is 8.25. The molecule has 2 fully saturated rings. The third-order valence-corrected chi connectivity index (χ3v) is 12.6. The Morgan fingerprint density at radius 2 is 1.59 bits per heavy atom. The Hall–Kier alpha value is -5.56. The van der Waals surface area contributed by atoms with Crippen molar-refractivity contribution in [3.63, 3.8) is 0 Å². The topological polar surface area (TPSA) is 263 Å². The van der Waals surface area contributed by atoms with Gasteiger partial charge in [-0.15, -0.1) is 0 Å². The first-order valence-electron chi connectivity index (χ1n) is 21.3. The number of aromatic amines is 1. The zero-order valence-corrected chi connectivity index (χ0v) is 36.1. The molecule has 10 N–H and O–H groups in total. The molecule has 4 aromatic rings. The molecule has 344 valence electrons. The summed E-state index contributed by atoms with van der Waals surface area (Å²) < 4.78 is 46.3. The molecule has 1 aromatic heterocycles. The molecule has 0 saturated carbocycles. The maximum Gasteiger partial charge on any atom is 0.399 e. The van der Waals surface area contributed by atoms with Crippen LogP contribution in [0.25, 0.3) is 10.9 Å². The number of carbonyl (C=O) groups is 5. The molecule has 6 rings (SSSR count). The number of alkyl halides is 2. The van der Waals surface area contributed by atoms with Crippen molar-refractivity contribution >= 4 is 48.0 Å². The number of benzene rings is 3. The molecule has 64 heavy (non-hydrogen) atoms. The predicted molar refractivity (Wildman–Crippen MR) is 233 cm³/mol. The first kappa shape index (κ1) is 47.9. The van der Waals surface area contributed by atoms with E-state index in [-0.39, 0.29) is 42.4 Å². The standard InChI is InChI=1S/C44H55F2N8O9P/c45-44(46,64(60,61)62)31-13-15-33-30(25-31)26-35(49-33)41(57)51-36-27-53(21-8-24-63-23-7-20-47)22-19-32-14-17-37(54(32)43(36)59)42(58)50-34(16-18-38(48)55)40(56)52-39(28-9-3-1-4-10-28)29-11-5-2-6-12-29/h1-6,9-13,15,25-26,32,34,36-37,39,49H,7-8,14,16-24,27,47H2,(H2,48,55)(H,50,58)(H,51,57)(H,52,56)(H2,60,61,62)/t32-,34+,36+,37+/m1/s1. The second kappa shape index (κ2) is 21.4. The predicted octanol–water partition coefficient (Wildman–Crippen LogP) is 2.97. The number of rotatable bonds is 20. The number of hydrogen-bond donors (Lipinski definition) is 8. The monoisotopic (exact) mass is 908 g/mol. The summed E-state index contributed by atoms with van der Waals surface area (Å²) in [5.41, 5.74) is 7.33. The third kappa shape index (κ3) is 11.8. The van der Waals surface area contributed by atoms with Crippen molar-refractivity contribution in [3.8, 4) is 0 Å². The Kier molecular flexibility index (Phi) is 16.0. The Labute approximate surface area is 368 Å². The number of nitrogens with zero attached hydrogens (tertiary/aromatic N) is 2. The second-order valence-corrected chi connectivity index (χ2v) is 17.8. The first-order chi connectivity index (χ1) is 30.6. The van der Waals surface area contributed by atoms with Gasteiger partial charge in [-0.2, -0.15) is 8.78 Å². The van der Waals surface area contributed by atoms with Gasteiger partial charge in [-0.3, -0.25) is 28.5 Å². The van der Waals surface area contributed by atoms with Gasteiger partial charge in [0.05, 0.1) is 6.04 Å². The van der Waals surface area contributed by atoms with E-state index in [4.69, 9.17) is 16.2 Å². The van der Waals surface area contributed by atoms with E-state index in [2.05, 4.69) is 20.9 Å². The minimum atomic E-state index is -5.86. The number of halogens is 2. The van der Waals surface area contributed by atoms with Crippen LogP contribution in [0.2, 0.25) is 0 Å². The fraction of sp³-hybridized carbons (Fsp3) is 0.432. The molecule has 3 heterocycles. The summed E-state index contributed by atoms with van der Waals surface area (Å²) in [6, 6.07) is 18.2. The zero-order valence-electron chi connectivity index (χ0n) is 35.2. The zero-order chi connectivity index (χ0) is 46.0. The van der Waals surface area contributed by atoms with E-state index in [1.807, 2.05) is 65.6 Å². The molecule has 0 bridgehead atoms. The van der Waals surface area contributed by atoms with Gasteiger partial charge in [-0.25, -0.2) is 0 Å². The summed E-state index contributed by atoms with van der Waals surface area (Å²) in [4.78, 5) is 93.8. The largest absolute Gasteiger partial charge is 0.399 e. The quantitative estimate of drug-likeness (QED) is 0.0472. The van der Waals surface area contributed by atoms with Crippen molar-refractivity contribution in [2.24, 2.45) is 11.5 Å². The summed E-state index contributed by atoms with van der Waals surface area (Å²) in [7, 11) is -5.86. The van der Waals surface area contributed by atoms with Crippen LogP contribution in [0.3, 0.4) is 0 Å². The number of carbonyl (C=O) groups excluding carboxylic acids is 5. The summed E-state index contributed by atoms with van der Waals surface area (Å²) in [6.07, 6.45) is 2.22. The first-order valence-corrected chi connectivity index (χ1v) is 22.9. The molecule has 0 radical (unpaired) electrons. The molecule has 20 heteroatoms. The molecule has 17 nitrogen and oxygen atoms in total. The van der Waals surface area contributed by atoms with Crippen LogP contribution in [0.1, 0.15) is 78.2 Å². The van der Waals surface area contributed by atoms with Crippen LogP contribution in [0.5, 0.6) is 0 Å². The van der Waals surface area contributed by atoms with E-state index >= 15 is 0 Å². The lowest BCUT2D eigenvalue weighted by Gasteiger charge is -2.39. The number of nitrogens with two attached hydrogens (primary N) is 2. The highest BCUT2D eigenvalue weighted by atomic mass is 31.2. The van der Waals surface area contributed by atoms with Crippen molar-refractivity contribution in [1.29, 1.82) is 0 Å². The average molecular weight is 909 g/mol. The van der Waals surface area contributed by atoms with Crippen molar-refractivity contribution in [2.75, 3.05) is 39.4 Å². The van der Waals surface area contributed by atoms with E-state index in [0.29, 0.717) is 58.5 Å². The van der Waals surface area contributed by atoms with Gasteiger partial charge in [-0.1, -0.05) is 66.7 Å². The molecular formula is C44H55F2N8O9P. The molecule has 3 aromatic carbocycles. The number of fused-ring (bicyclic) bond motifs is 2. The molecule has 5 amide bonds. The van der Waals surface area contributed by atoms with E-state index in [0.717, 1.165) is 23.3 Å². The normalized spacial score (nSPS) is 18.9. The number of aromatic nitrogens is 1. The highest BCUT2D eigenvalue weighted by Crippen LogP contribution is 2.59. The van der Waals surface area contributed by atoms with E-state index in [1.165, 1.54) is 17.0 Å². The molecule has 2 saturated heterocycles. The van der Waals surface area contributed by atoms with E-state index in [1.54, 1.807) is 0 Å². The average Bonchev–Trinajstić information content (AvgIpc) is 3.91. The second-order valence-electron chi connectivity index (χ2n) is 16.1. The Bertz CT molecular complexity index is 2280. The SMILES string of the molecule is NCCCOCCCN1CC[C@H]2CC[C@@H](C(=O)N[C@@H](CCC(N)=O)C(=O)NC(c3ccccc3)c3ccccc3)N2C(=O)[C@@H](NC(=O)c2cc3cc(C(F)(F)P(=O)(O)O)ccc3[nH]2)C1. The Morgan fingerprint density at radius 3 is 2.23 bits per heavy atom. The van der Waals surface area contributed by atoms with Crippen LogP contribution < -0.4 is 27.4 Å². The smallest absolute Gasteiger partial charge is 0.381 e. The van der Waals surface area contributed by atoms with Crippen molar-refractivity contribution < 1.29 is 51.8 Å². The number of primary amides is 1. The van der Waals surface area contributed by atoms with E-state index in [9.17, 15) is 47.1 Å². The van der Waals surface area contributed by atoms with Crippen LogP contribution in [-0.4, -0.2) is 118 Å². The summed E-state index contributed by atoms with van der Waals surface area (Å²) >= 11 is 0. The molecular weight excluding hydrogens is 854 g/mol. The number of H-pyrrole nitrogens is 1. The Morgan fingerprint density at radius 1 is 0.922 bits per heavy atom. The summed E-state index contributed by atoms with van der Waals surface area (Å²) in [5, 5.41) is 8.69. The van der Waals surface area contributed by atoms with Crippen molar-refractivity contribution in [3.05, 3.63) is 107 Å². The third-order valence-electron chi connectivity index (χ3n) is 11.6. The van der Waals surface area contributed by atoms with Crippen LogP contribution in [0.15, 0.2) is 84.9 Å². The summed E-state index contributed by atoms with van der Waals surface area (Å²) in [5.74, 6) is -3.17. The van der Waals surface area contributed by atoms with Gasteiger partial charge in [0.15, 0.2) is 0 Å². The molecule has 2 aliphatic heterocycles. The number of hydrogen-bond acceptors (Lipinski definition) is 9. The maximum atomic E-state index is 14.7. The molecule has 0 unspecified atom stereocenters. The van der Waals surface area contributed by atoms with E-state index < -0.39 is 78.6 Å². The summed E-state index contributed by atoms with van der Waals surface area (Å²) in [6.45, 7) is 2.51. The van der Waals surface area contributed by atoms with Gasteiger partial charge >= 0.3 is 13.3 Å². The highest BCUT2D eigenvalue weighted by Gasteiger charge is 2.50. The number of amides is 5. The van der Waals surface area contributed by atoms with Gasteiger partial charge in [0.25, 0.3) is 5.91 Å². The molecule has 2 aliphatic rings. The van der Waals surface area contributed by atoms with Gasteiger partial charge in [-0.05, 0) is 74.4 Å². The molecule has 0 spiro atoms. The minimum Gasteiger partial charge on any atom is -0.381 e. The Balaban J connectivity index is 1.23. The van der Waals surface area contributed by atoms with Gasteiger partial charge in [0.2, 0.25) is 23.6 Å².